The first-order chi connectivity index (χ1) is 19.5. The van der Waals surface area contributed by atoms with Crippen molar-refractivity contribution in [3.05, 3.63) is 76.8 Å². The number of halogens is 2. The lowest BCUT2D eigenvalue weighted by atomic mass is 9.99. The molecule has 1 saturated heterocycles. The number of nitrogens with one attached hydrogen (secondary N) is 2. The minimum absolute atomic E-state index is 0. The van der Waals surface area contributed by atoms with Crippen molar-refractivity contribution in [1.82, 2.24) is 0 Å². The molecule has 2 N–H and O–H groups in total. The number of likely N-dealkylation sites (tertiary alicyclic amines) is 1. The second-order valence-electron chi connectivity index (χ2n) is 10.7. The average molecular weight is 708 g/mol. The number of hydrogen-bond donors (Lipinski definition) is 2. The SMILES string of the molecule is COc1cc(NC(=O)CCc2ccc(NC(=O)OC3CC[N+](C)(C)CC3)c(-c3ccccc3)c2)c(Cl)cc1C(=O)[O-].I. The molecule has 0 radical (unpaired) electrons. The zero-order valence-corrected chi connectivity index (χ0v) is 26.9. The number of benzene rings is 3. The van der Waals surface area contributed by atoms with Gasteiger partial charge in [0.15, 0.2) is 0 Å². The Labute approximate surface area is 267 Å². The van der Waals surface area contributed by atoms with Gasteiger partial charge >= 0.3 is 6.09 Å². The predicted octanol–water partition coefficient (Wildman–Crippen LogP) is 5.36. The van der Waals surface area contributed by atoms with Crippen LogP contribution in [0, 0.1) is 0 Å². The molecule has 2 amide bonds. The molecule has 0 saturated carbocycles. The van der Waals surface area contributed by atoms with Crippen LogP contribution in [0.2, 0.25) is 5.02 Å². The molecule has 224 valence electrons. The van der Waals surface area contributed by atoms with Crippen molar-refractivity contribution in [2.75, 3.05) is 44.9 Å². The lowest BCUT2D eigenvalue weighted by molar-refractivity contribution is -0.896. The number of carboxylic acid groups (broad SMARTS) is 1. The van der Waals surface area contributed by atoms with Crippen LogP contribution in [0.4, 0.5) is 16.2 Å². The van der Waals surface area contributed by atoms with E-state index in [9.17, 15) is 19.5 Å². The number of piperidine rings is 1. The Morgan fingerprint density at radius 3 is 2.31 bits per heavy atom. The lowest BCUT2D eigenvalue weighted by Crippen LogP contribution is -2.48. The fourth-order valence-corrected chi connectivity index (χ4v) is 5.02. The summed E-state index contributed by atoms with van der Waals surface area (Å²) in [6.45, 7) is 1.92. The average Bonchev–Trinajstić information content (AvgIpc) is 2.95. The van der Waals surface area contributed by atoms with Crippen molar-refractivity contribution in [2.24, 2.45) is 0 Å². The first-order valence-corrected chi connectivity index (χ1v) is 13.8. The summed E-state index contributed by atoms with van der Waals surface area (Å²) in [6.07, 6.45) is 1.62. The number of quaternary nitrogens is 1. The van der Waals surface area contributed by atoms with Gasteiger partial charge in [-0.25, -0.2) is 4.79 Å². The van der Waals surface area contributed by atoms with E-state index in [1.165, 1.54) is 19.2 Å². The Hall–Kier alpha value is -3.35. The molecule has 1 heterocycles. The van der Waals surface area contributed by atoms with Gasteiger partial charge in [-0.2, -0.15) is 0 Å². The Balaban J connectivity index is 0.00000484. The highest BCUT2D eigenvalue weighted by molar-refractivity contribution is 14.0. The standard InChI is InChI=1S/C31H34ClN3O6.HI/c1-35(2)15-13-22(14-16-35)41-31(39)34-26-11-9-20(17-23(26)21-7-5-4-6-8-21)10-12-29(36)33-27-19-28(40-3)24(30(37)38)18-25(27)32;/h4-9,11,17-19,22H,10,12-16H2,1-3H3,(H2-,33,34,36,37,38,39);1H. The third-order valence-corrected chi connectivity index (χ3v) is 7.53. The molecule has 4 rings (SSSR count). The highest BCUT2D eigenvalue weighted by Gasteiger charge is 2.28. The number of hydrogen-bond acceptors (Lipinski definition) is 6. The number of carboxylic acids is 1. The van der Waals surface area contributed by atoms with Crippen LogP contribution >= 0.6 is 35.6 Å². The maximum atomic E-state index is 12.8. The molecular formula is C31H35ClIN3O6. The van der Waals surface area contributed by atoms with E-state index in [-0.39, 0.29) is 64.4 Å². The smallest absolute Gasteiger partial charge is 0.411 e. The monoisotopic (exact) mass is 707 g/mol. The van der Waals surface area contributed by atoms with Crippen LogP contribution in [0.15, 0.2) is 60.7 Å². The normalized spacial score (nSPS) is 14.3. The number of carbonyl (C=O) groups excluding carboxylic acids is 3. The summed E-state index contributed by atoms with van der Waals surface area (Å²) in [5, 5.41) is 17.0. The van der Waals surface area contributed by atoms with Crippen molar-refractivity contribution in [2.45, 2.75) is 31.8 Å². The molecule has 3 aromatic carbocycles. The van der Waals surface area contributed by atoms with Gasteiger partial charge in [-0.1, -0.05) is 48.0 Å². The molecular weight excluding hydrogens is 673 g/mol. The first-order valence-electron chi connectivity index (χ1n) is 13.4. The molecule has 42 heavy (non-hydrogen) atoms. The number of aryl methyl sites for hydroxylation is 1. The van der Waals surface area contributed by atoms with Crippen LogP contribution < -0.4 is 20.5 Å². The van der Waals surface area contributed by atoms with E-state index in [0.717, 1.165) is 47.1 Å². The third-order valence-electron chi connectivity index (χ3n) is 7.22. The van der Waals surface area contributed by atoms with Gasteiger partial charge in [0.25, 0.3) is 0 Å². The molecule has 0 atom stereocenters. The second-order valence-corrected chi connectivity index (χ2v) is 11.1. The van der Waals surface area contributed by atoms with Crippen molar-refractivity contribution < 1.29 is 33.4 Å². The summed E-state index contributed by atoms with van der Waals surface area (Å²) in [4.78, 5) is 36.8. The number of methoxy groups -OCH3 is 1. The van der Waals surface area contributed by atoms with Crippen LogP contribution in [-0.2, 0) is 16.0 Å². The molecule has 0 aromatic heterocycles. The van der Waals surface area contributed by atoms with E-state index >= 15 is 0 Å². The molecule has 3 aromatic rings. The molecule has 0 bridgehead atoms. The summed E-state index contributed by atoms with van der Waals surface area (Å²) in [6, 6.07) is 17.8. The van der Waals surface area contributed by atoms with Gasteiger partial charge < -0.3 is 29.2 Å². The van der Waals surface area contributed by atoms with Crippen molar-refractivity contribution >= 4 is 64.9 Å². The Morgan fingerprint density at radius 1 is 0.976 bits per heavy atom. The number of ether oxygens (including phenoxy) is 2. The van der Waals surface area contributed by atoms with E-state index in [0.29, 0.717) is 12.1 Å². The summed E-state index contributed by atoms with van der Waals surface area (Å²) in [5.74, 6) is -1.71. The summed E-state index contributed by atoms with van der Waals surface area (Å²) >= 11 is 6.18. The molecule has 0 spiro atoms. The fraction of sp³-hybridized carbons (Fsp3) is 0.323. The van der Waals surface area contributed by atoms with Gasteiger partial charge in [0.05, 0.1) is 56.7 Å². The molecule has 1 aliphatic heterocycles. The van der Waals surface area contributed by atoms with Crippen LogP contribution in [0.3, 0.4) is 0 Å². The van der Waals surface area contributed by atoms with Gasteiger partial charge in [-0.15, -0.1) is 24.0 Å². The second kappa shape index (κ2) is 14.7. The summed E-state index contributed by atoms with van der Waals surface area (Å²) < 4.78 is 11.7. The molecule has 1 aliphatic rings. The van der Waals surface area contributed by atoms with Gasteiger partial charge in [0, 0.05) is 36.5 Å². The number of anilines is 2. The van der Waals surface area contributed by atoms with Gasteiger partial charge in [-0.05, 0) is 35.7 Å². The summed E-state index contributed by atoms with van der Waals surface area (Å²) in [7, 11) is 5.67. The Morgan fingerprint density at radius 2 is 1.67 bits per heavy atom. The lowest BCUT2D eigenvalue weighted by Gasteiger charge is -2.36. The van der Waals surface area contributed by atoms with Crippen LogP contribution in [-0.4, -0.2) is 62.9 Å². The number of rotatable bonds is 9. The van der Waals surface area contributed by atoms with Gasteiger partial charge in [0.1, 0.15) is 11.9 Å². The number of nitrogens with zero attached hydrogens (tertiary/aromatic N) is 1. The van der Waals surface area contributed by atoms with E-state index in [2.05, 4.69) is 24.7 Å². The van der Waals surface area contributed by atoms with Crippen LogP contribution in [0.1, 0.15) is 35.2 Å². The highest BCUT2D eigenvalue weighted by atomic mass is 127. The molecule has 11 heteroatoms. The minimum atomic E-state index is -1.43. The van der Waals surface area contributed by atoms with E-state index in [1.807, 2.05) is 48.5 Å². The van der Waals surface area contributed by atoms with E-state index in [4.69, 9.17) is 21.1 Å². The molecule has 0 aliphatic carbocycles. The molecule has 9 nitrogen and oxygen atoms in total. The number of amides is 2. The zero-order chi connectivity index (χ0) is 29.6. The maximum absolute atomic E-state index is 12.8. The first kappa shape index (κ1) is 33.2. The van der Waals surface area contributed by atoms with Gasteiger partial charge in [-0.3, -0.25) is 10.1 Å². The number of carbonyl (C=O) groups is 3. The van der Waals surface area contributed by atoms with Crippen LogP contribution in [0.25, 0.3) is 11.1 Å². The topological polar surface area (TPSA) is 117 Å². The van der Waals surface area contributed by atoms with Crippen molar-refractivity contribution in [3.8, 4) is 16.9 Å². The Bertz CT molecular complexity index is 1420. The Kier molecular flexibility index (Phi) is 11.6. The molecule has 0 unspecified atom stereocenters. The third kappa shape index (κ3) is 8.83. The molecule has 1 fully saturated rings. The predicted molar refractivity (Wildman–Crippen MR) is 172 cm³/mol. The van der Waals surface area contributed by atoms with Crippen LogP contribution in [0.5, 0.6) is 5.75 Å². The van der Waals surface area contributed by atoms with E-state index < -0.39 is 12.1 Å². The fourth-order valence-electron chi connectivity index (χ4n) is 4.81. The maximum Gasteiger partial charge on any atom is 0.411 e. The van der Waals surface area contributed by atoms with Gasteiger partial charge in [0.2, 0.25) is 5.91 Å². The van der Waals surface area contributed by atoms with E-state index in [1.54, 1.807) is 0 Å². The minimum Gasteiger partial charge on any atom is -0.545 e. The zero-order valence-electron chi connectivity index (χ0n) is 23.8. The number of aromatic carboxylic acids is 1. The quantitative estimate of drug-likeness (QED) is 0.229. The summed E-state index contributed by atoms with van der Waals surface area (Å²) in [5.41, 5.74) is 3.27. The largest absolute Gasteiger partial charge is 0.545 e. The van der Waals surface area contributed by atoms with Crippen molar-refractivity contribution in [1.29, 1.82) is 0 Å². The van der Waals surface area contributed by atoms with Crippen molar-refractivity contribution in [3.63, 3.8) is 0 Å². The highest BCUT2D eigenvalue weighted by Crippen LogP contribution is 2.32.